The number of hydrogen-bond donors (Lipinski definition) is 2. The highest BCUT2D eigenvalue weighted by molar-refractivity contribution is 9.10. The van der Waals surface area contributed by atoms with E-state index in [2.05, 4.69) is 26.6 Å². The molecule has 0 heterocycles. The Labute approximate surface area is 159 Å². The molecule has 2 rings (SSSR count). The van der Waals surface area contributed by atoms with Crippen LogP contribution < -0.4 is 15.4 Å². The Morgan fingerprint density at radius 3 is 2.60 bits per heavy atom. The smallest absolute Gasteiger partial charge is 0.225 e. The number of anilines is 2. The van der Waals surface area contributed by atoms with Crippen LogP contribution in [0.2, 0.25) is 0 Å². The van der Waals surface area contributed by atoms with Crippen LogP contribution in [0.1, 0.15) is 13.3 Å². The molecule has 0 atom stereocenters. The number of methoxy groups -OCH3 is 1. The Hall–Kier alpha value is -1.99. The monoisotopic (exact) mass is 422 g/mol. The molecule has 2 amide bonds. The van der Waals surface area contributed by atoms with E-state index in [-0.39, 0.29) is 11.8 Å². The lowest BCUT2D eigenvalue weighted by atomic mass is 10.2. The molecule has 0 saturated heterocycles. The average molecular weight is 423 g/mol. The number of carbonyl (C=O) groups excluding carboxylic acids is 2. The molecule has 0 saturated carbocycles. The average Bonchev–Trinajstić information content (AvgIpc) is 2.56. The Morgan fingerprint density at radius 2 is 1.92 bits per heavy atom. The Kier molecular flexibility index (Phi) is 7.33. The number of nitrogens with one attached hydrogen (secondary N) is 2. The third-order valence-corrected chi connectivity index (χ3v) is 5.25. The number of carbonyl (C=O) groups is 2. The number of amides is 2. The molecule has 5 nitrogen and oxygen atoms in total. The minimum absolute atomic E-state index is 0.113. The Bertz CT molecular complexity index is 768. The van der Waals surface area contributed by atoms with Crippen molar-refractivity contribution in [2.24, 2.45) is 0 Å². The predicted octanol–water partition coefficient (Wildman–Crippen LogP) is 4.54. The SMILES string of the molecule is COc1ccc(NC(C)=O)cc1NC(=O)CCSc1ccccc1Br. The third kappa shape index (κ3) is 6.10. The molecule has 0 unspecified atom stereocenters. The van der Waals surface area contributed by atoms with Crippen LogP contribution in [0.5, 0.6) is 5.75 Å². The third-order valence-electron chi connectivity index (χ3n) is 3.22. The maximum absolute atomic E-state index is 12.2. The van der Waals surface area contributed by atoms with E-state index in [1.54, 1.807) is 30.0 Å². The Balaban J connectivity index is 1.95. The number of rotatable bonds is 7. The highest BCUT2D eigenvalue weighted by Gasteiger charge is 2.10. The fraction of sp³-hybridized carbons (Fsp3) is 0.222. The van der Waals surface area contributed by atoms with E-state index in [0.717, 1.165) is 9.37 Å². The quantitative estimate of drug-likeness (QED) is 0.642. The summed E-state index contributed by atoms with van der Waals surface area (Å²) in [6.45, 7) is 1.43. The number of hydrogen-bond acceptors (Lipinski definition) is 4. The molecule has 0 spiro atoms. The first-order valence-electron chi connectivity index (χ1n) is 7.62. The zero-order chi connectivity index (χ0) is 18.2. The summed E-state index contributed by atoms with van der Waals surface area (Å²) in [6, 6.07) is 13.0. The van der Waals surface area contributed by atoms with Gasteiger partial charge in [-0.3, -0.25) is 9.59 Å². The fourth-order valence-corrected chi connectivity index (χ4v) is 3.63. The van der Waals surface area contributed by atoms with Gasteiger partial charge in [-0.25, -0.2) is 0 Å². The molecular formula is C18H19BrN2O3S. The van der Waals surface area contributed by atoms with E-state index in [1.165, 1.54) is 14.0 Å². The van der Waals surface area contributed by atoms with E-state index in [0.29, 0.717) is 29.3 Å². The lowest BCUT2D eigenvalue weighted by Gasteiger charge is -2.12. The van der Waals surface area contributed by atoms with Crippen LogP contribution in [0.25, 0.3) is 0 Å². The maximum atomic E-state index is 12.2. The molecule has 7 heteroatoms. The molecular weight excluding hydrogens is 404 g/mol. The van der Waals surface area contributed by atoms with Gasteiger partial charge in [0.25, 0.3) is 0 Å². The van der Waals surface area contributed by atoms with Crippen molar-refractivity contribution in [1.29, 1.82) is 0 Å². The van der Waals surface area contributed by atoms with Gasteiger partial charge >= 0.3 is 0 Å². The van der Waals surface area contributed by atoms with Crippen molar-refractivity contribution in [3.63, 3.8) is 0 Å². The summed E-state index contributed by atoms with van der Waals surface area (Å²) < 4.78 is 6.28. The van der Waals surface area contributed by atoms with Crippen molar-refractivity contribution in [3.05, 3.63) is 46.9 Å². The molecule has 0 aliphatic rings. The van der Waals surface area contributed by atoms with E-state index in [4.69, 9.17) is 4.74 Å². The fourth-order valence-electron chi connectivity index (χ4n) is 2.11. The van der Waals surface area contributed by atoms with E-state index in [1.807, 2.05) is 24.3 Å². The van der Waals surface area contributed by atoms with Gasteiger partial charge in [0.2, 0.25) is 11.8 Å². The van der Waals surface area contributed by atoms with Crippen LogP contribution in [0, 0.1) is 0 Å². The van der Waals surface area contributed by atoms with Gasteiger partial charge in [0.1, 0.15) is 5.75 Å². The highest BCUT2D eigenvalue weighted by atomic mass is 79.9. The largest absolute Gasteiger partial charge is 0.495 e. The van der Waals surface area contributed by atoms with Crippen molar-refractivity contribution in [1.82, 2.24) is 0 Å². The molecule has 2 N–H and O–H groups in total. The summed E-state index contributed by atoms with van der Waals surface area (Å²) in [7, 11) is 1.53. The van der Waals surface area contributed by atoms with Crippen LogP contribution in [-0.2, 0) is 9.59 Å². The summed E-state index contributed by atoms with van der Waals surface area (Å²) in [6.07, 6.45) is 0.361. The van der Waals surface area contributed by atoms with Gasteiger partial charge in [0.05, 0.1) is 12.8 Å². The molecule has 0 aliphatic carbocycles. The summed E-state index contributed by atoms with van der Waals surface area (Å²) in [5.41, 5.74) is 1.14. The lowest BCUT2D eigenvalue weighted by Crippen LogP contribution is -2.14. The first kappa shape index (κ1) is 19.3. The normalized spacial score (nSPS) is 10.2. The number of benzene rings is 2. The highest BCUT2D eigenvalue weighted by Crippen LogP contribution is 2.29. The van der Waals surface area contributed by atoms with Gasteiger partial charge in [-0.2, -0.15) is 0 Å². The first-order valence-corrected chi connectivity index (χ1v) is 9.40. The molecule has 0 aliphatic heterocycles. The predicted molar refractivity (Wildman–Crippen MR) is 105 cm³/mol. The van der Waals surface area contributed by atoms with Crippen molar-refractivity contribution in [3.8, 4) is 5.75 Å². The summed E-state index contributed by atoms with van der Waals surface area (Å²) in [4.78, 5) is 24.5. The first-order chi connectivity index (χ1) is 12.0. The van der Waals surface area contributed by atoms with Crippen molar-refractivity contribution in [2.45, 2.75) is 18.2 Å². The van der Waals surface area contributed by atoms with Crippen LogP contribution in [-0.4, -0.2) is 24.7 Å². The van der Waals surface area contributed by atoms with Crippen LogP contribution in [0.4, 0.5) is 11.4 Å². The minimum atomic E-state index is -0.174. The van der Waals surface area contributed by atoms with E-state index >= 15 is 0 Å². The number of halogens is 1. The number of ether oxygens (including phenoxy) is 1. The van der Waals surface area contributed by atoms with Gasteiger partial charge in [0.15, 0.2) is 0 Å². The zero-order valence-corrected chi connectivity index (χ0v) is 16.4. The van der Waals surface area contributed by atoms with Gasteiger partial charge in [-0.1, -0.05) is 12.1 Å². The van der Waals surface area contributed by atoms with Gasteiger partial charge in [0, 0.05) is 34.2 Å². The van der Waals surface area contributed by atoms with Gasteiger partial charge < -0.3 is 15.4 Å². The molecule has 0 fully saturated rings. The molecule has 0 aromatic heterocycles. The van der Waals surface area contributed by atoms with Crippen LogP contribution >= 0.6 is 27.7 Å². The van der Waals surface area contributed by atoms with Gasteiger partial charge in [-0.15, -0.1) is 11.8 Å². The van der Waals surface area contributed by atoms with Crippen molar-refractivity contribution >= 4 is 50.9 Å². The summed E-state index contributed by atoms with van der Waals surface area (Å²) in [5, 5.41) is 5.52. The van der Waals surface area contributed by atoms with Crippen molar-refractivity contribution < 1.29 is 14.3 Å². The molecule has 25 heavy (non-hydrogen) atoms. The lowest BCUT2D eigenvalue weighted by molar-refractivity contribution is -0.116. The molecule has 0 radical (unpaired) electrons. The molecule has 132 valence electrons. The second kappa shape index (κ2) is 9.48. The van der Waals surface area contributed by atoms with Crippen LogP contribution in [0.3, 0.4) is 0 Å². The molecule has 2 aromatic rings. The van der Waals surface area contributed by atoms with E-state index < -0.39 is 0 Å². The van der Waals surface area contributed by atoms with Crippen LogP contribution in [0.15, 0.2) is 51.8 Å². The maximum Gasteiger partial charge on any atom is 0.225 e. The molecule has 2 aromatic carbocycles. The minimum Gasteiger partial charge on any atom is -0.495 e. The number of thioether (sulfide) groups is 1. The summed E-state index contributed by atoms with van der Waals surface area (Å²) in [5.74, 6) is 0.910. The molecule has 0 bridgehead atoms. The standard InChI is InChI=1S/C18H19BrN2O3S/c1-12(22)20-13-7-8-16(24-2)15(11-13)21-18(23)9-10-25-17-6-4-3-5-14(17)19/h3-8,11H,9-10H2,1-2H3,(H,20,22)(H,21,23). The van der Waals surface area contributed by atoms with Crippen molar-refractivity contribution in [2.75, 3.05) is 23.5 Å². The topological polar surface area (TPSA) is 67.4 Å². The summed E-state index contributed by atoms with van der Waals surface area (Å²) >= 11 is 5.10. The Morgan fingerprint density at radius 1 is 1.16 bits per heavy atom. The van der Waals surface area contributed by atoms with E-state index in [9.17, 15) is 9.59 Å². The zero-order valence-electron chi connectivity index (χ0n) is 14.0. The second-order valence-corrected chi connectivity index (χ2v) is 7.16. The second-order valence-electron chi connectivity index (χ2n) is 5.17. The van der Waals surface area contributed by atoms with Gasteiger partial charge in [-0.05, 0) is 46.3 Å².